The van der Waals surface area contributed by atoms with Crippen LogP contribution in [0.5, 0.6) is 5.75 Å². The first-order valence-corrected chi connectivity index (χ1v) is 10.3. The summed E-state index contributed by atoms with van der Waals surface area (Å²) in [5.41, 5.74) is -0.795. The van der Waals surface area contributed by atoms with E-state index in [4.69, 9.17) is 9.26 Å². The molecule has 0 bridgehead atoms. The molecule has 1 N–H and O–H groups in total. The van der Waals surface area contributed by atoms with E-state index in [-0.39, 0.29) is 5.56 Å². The summed E-state index contributed by atoms with van der Waals surface area (Å²) in [7, 11) is 1.58. The molecule has 3 aromatic rings. The molecular formula is C23H22F3N3O3. The average Bonchev–Trinajstić information content (AvgIpc) is 3.30. The standard InChI is InChI=1S/C23H22F3N3O3/c1-31-18-11-7-15(8-12-18)19-27-21(32-29-19)22(13-3-2-4-14-22)28-20(30)16-5-9-17(10-6-16)23(24,25)26/h5-12H,2-4,13-14H2,1H3,(H,28,30). The number of nitrogens with zero attached hydrogens (tertiary/aromatic N) is 2. The van der Waals surface area contributed by atoms with Gasteiger partial charge in [0.05, 0.1) is 12.7 Å². The number of halogens is 3. The van der Waals surface area contributed by atoms with E-state index in [1.165, 1.54) is 12.1 Å². The van der Waals surface area contributed by atoms with E-state index < -0.39 is 23.2 Å². The number of nitrogens with one attached hydrogen (secondary N) is 1. The van der Waals surface area contributed by atoms with Crippen LogP contribution >= 0.6 is 0 Å². The normalized spacial score (nSPS) is 15.9. The van der Waals surface area contributed by atoms with E-state index in [0.717, 1.165) is 37.0 Å². The van der Waals surface area contributed by atoms with Crippen molar-refractivity contribution in [3.8, 4) is 17.1 Å². The van der Waals surface area contributed by atoms with E-state index >= 15 is 0 Å². The van der Waals surface area contributed by atoms with Gasteiger partial charge in [0, 0.05) is 11.1 Å². The maximum Gasteiger partial charge on any atom is 0.416 e. The monoisotopic (exact) mass is 445 g/mol. The Labute approximate surface area is 182 Å². The zero-order valence-corrected chi connectivity index (χ0v) is 17.4. The van der Waals surface area contributed by atoms with Gasteiger partial charge >= 0.3 is 6.18 Å². The number of hydrogen-bond donors (Lipinski definition) is 1. The highest BCUT2D eigenvalue weighted by Gasteiger charge is 2.41. The van der Waals surface area contributed by atoms with Crippen LogP contribution in [-0.4, -0.2) is 23.2 Å². The summed E-state index contributed by atoms with van der Waals surface area (Å²) < 4.78 is 49.2. The van der Waals surface area contributed by atoms with Crippen molar-refractivity contribution in [3.05, 3.63) is 65.5 Å². The summed E-state index contributed by atoms with van der Waals surface area (Å²) in [5, 5.41) is 7.05. The second kappa shape index (κ2) is 8.64. The Balaban J connectivity index is 1.59. The summed E-state index contributed by atoms with van der Waals surface area (Å²) in [6.07, 6.45) is -0.535. The lowest BCUT2D eigenvalue weighted by molar-refractivity contribution is -0.137. The van der Waals surface area contributed by atoms with Crippen LogP contribution in [0.1, 0.15) is 53.9 Å². The predicted molar refractivity (Wildman–Crippen MR) is 110 cm³/mol. The summed E-state index contributed by atoms with van der Waals surface area (Å²) >= 11 is 0. The van der Waals surface area contributed by atoms with Gasteiger partial charge in [-0.1, -0.05) is 24.4 Å². The molecule has 1 fully saturated rings. The van der Waals surface area contributed by atoms with Gasteiger partial charge in [0.1, 0.15) is 11.3 Å². The molecule has 1 aliphatic carbocycles. The highest BCUT2D eigenvalue weighted by molar-refractivity contribution is 5.94. The first-order valence-electron chi connectivity index (χ1n) is 10.3. The Kier molecular flexibility index (Phi) is 5.90. The van der Waals surface area contributed by atoms with E-state index in [1.807, 2.05) is 12.1 Å². The van der Waals surface area contributed by atoms with Crippen molar-refractivity contribution in [2.45, 2.75) is 43.8 Å². The van der Waals surface area contributed by atoms with Crippen LogP contribution in [0.4, 0.5) is 13.2 Å². The Morgan fingerprint density at radius 2 is 1.69 bits per heavy atom. The number of carbonyl (C=O) groups excluding carboxylic acids is 1. The number of carbonyl (C=O) groups is 1. The minimum Gasteiger partial charge on any atom is -0.497 e. The van der Waals surface area contributed by atoms with Crippen LogP contribution in [0.15, 0.2) is 53.1 Å². The molecule has 0 radical (unpaired) electrons. The van der Waals surface area contributed by atoms with Gasteiger partial charge < -0.3 is 14.6 Å². The SMILES string of the molecule is COc1ccc(-c2noc(C3(NC(=O)c4ccc(C(F)(F)F)cc4)CCCCC3)n2)cc1. The summed E-state index contributed by atoms with van der Waals surface area (Å²) in [5.74, 6) is 0.898. The summed E-state index contributed by atoms with van der Waals surface area (Å²) in [6.45, 7) is 0. The molecule has 0 unspecified atom stereocenters. The third-order valence-corrected chi connectivity index (χ3v) is 5.72. The van der Waals surface area contributed by atoms with E-state index in [0.29, 0.717) is 30.3 Å². The van der Waals surface area contributed by atoms with Crippen molar-refractivity contribution in [3.63, 3.8) is 0 Å². The Morgan fingerprint density at radius 3 is 2.28 bits per heavy atom. The third kappa shape index (κ3) is 4.46. The Bertz CT molecular complexity index is 1070. The molecule has 32 heavy (non-hydrogen) atoms. The van der Waals surface area contributed by atoms with Gasteiger partial charge in [-0.05, 0) is 61.4 Å². The fourth-order valence-electron chi connectivity index (χ4n) is 3.92. The first kappa shape index (κ1) is 21.9. The number of methoxy groups -OCH3 is 1. The molecule has 9 heteroatoms. The smallest absolute Gasteiger partial charge is 0.416 e. The molecule has 4 rings (SSSR count). The summed E-state index contributed by atoms with van der Waals surface area (Å²) in [4.78, 5) is 17.4. The number of aromatic nitrogens is 2. The molecule has 0 atom stereocenters. The molecule has 1 saturated carbocycles. The fraction of sp³-hybridized carbons (Fsp3) is 0.348. The van der Waals surface area contributed by atoms with Crippen molar-refractivity contribution in [1.29, 1.82) is 0 Å². The van der Waals surface area contributed by atoms with Gasteiger partial charge in [0.2, 0.25) is 5.82 Å². The lowest BCUT2D eigenvalue weighted by Gasteiger charge is -2.34. The number of benzene rings is 2. The zero-order chi connectivity index (χ0) is 22.8. The van der Waals surface area contributed by atoms with Crippen molar-refractivity contribution in [1.82, 2.24) is 15.5 Å². The van der Waals surface area contributed by atoms with Crippen molar-refractivity contribution >= 4 is 5.91 Å². The van der Waals surface area contributed by atoms with Gasteiger partial charge in [-0.25, -0.2) is 0 Å². The topological polar surface area (TPSA) is 77.3 Å². The third-order valence-electron chi connectivity index (χ3n) is 5.72. The van der Waals surface area contributed by atoms with E-state index in [2.05, 4.69) is 15.5 Å². The number of rotatable bonds is 5. The molecule has 0 aliphatic heterocycles. The van der Waals surface area contributed by atoms with E-state index in [1.54, 1.807) is 19.2 Å². The molecule has 6 nitrogen and oxygen atoms in total. The van der Waals surface area contributed by atoms with Gasteiger partial charge in [0.15, 0.2) is 0 Å². The van der Waals surface area contributed by atoms with Gasteiger partial charge in [-0.15, -0.1) is 0 Å². The molecule has 2 aromatic carbocycles. The largest absolute Gasteiger partial charge is 0.497 e. The highest BCUT2D eigenvalue weighted by Crippen LogP contribution is 2.37. The molecule has 1 amide bonds. The van der Waals surface area contributed by atoms with Crippen LogP contribution < -0.4 is 10.1 Å². The average molecular weight is 445 g/mol. The van der Waals surface area contributed by atoms with Crippen LogP contribution in [-0.2, 0) is 11.7 Å². The number of ether oxygens (including phenoxy) is 1. The van der Waals surface area contributed by atoms with Crippen LogP contribution in [0, 0.1) is 0 Å². The molecule has 1 heterocycles. The predicted octanol–water partition coefficient (Wildman–Crippen LogP) is 5.35. The second-order valence-electron chi connectivity index (χ2n) is 7.82. The number of amides is 1. The minimum absolute atomic E-state index is 0.137. The maximum absolute atomic E-state index is 12.9. The van der Waals surface area contributed by atoms with Crippen LogP contribution in [0.3, 0.4) is 0 Å². The Hall–Kier alpha value is -3.36. The fourth-order valence-corrected chi connectivity index (χ4v) is 3.92. The molecular weight excluding hydrogens is 423 g/mol. The zero-order valence-electron chi connectivity index (χ0n) is 17.4. The van der Waals surface area contributed by atoms with Crippen LogP contribution in [0.2, 0.25) is 0 Å². The number of hydrogen-bond acceptors (Lipinski definition) is 5. The Morgan fingerprint density at radius 1 is 1.03 bits per heavy atom. The number of alkyl halides is 3. The molecule has 1 aliphatic rings. The molecule has 0 saturated heterocycles. The van der Waals surface area contributed by atoms with E-state index in [9.17, 15) is 18.0 Å². The highest BCUT2D eigenvalue weighted by atomic mass is 19.4. The lowest BCUT2D eigenvalue weighted by atomic mass is 9.81. The quantitative estimate of drug-likeness (QED) is 0.573. The van der Waals surface area contributed by atoms with Crippen molar-refractivity contribution < 1.29 is 27.2 Å². The summed E-state index contributed by atoms with van der Waals surface area (Å²) in [6, 6.07) is 11.3. The van der Waals surface area contributed by atoms with Gasteiger partial charge in [-0.2, -0.15) is 18.2 Å². The van der Waals surface area contributed by atoms with Crippen molar-refractivity contribution in [2.24, 2.45) is 0 Å². The minimum atomic E-state index is -4.46. The molecule has 0 spiro atoms. The van der Waals surface area contributed by atoms with Crippen molar-refractivity contribution in [2.75, 3.05) is 7.11 Å². The van der Waals surface area contributed by atoms with Gasteiger partial charge in [-0.3, -0.25) is 4.79 Å². The molecule has 1 aromatic heterocycles. The maximum atomic E-state index is 12.9. The van der Waals surface area contributed by atoms with Gasteiger partial charge in [0.25, 0.3) is 11.8 Å². The molecule has 168 valence electrons. The second-order valence-corrected chi connectivity index (χ2v) is 7.82. The first-order chi connectivity index (χ1) is 15.3. The van der Waals surface area contributed by atoms with Crippen LogP contribution in [0.25, 0.3) is 11.4 Å². The lowest BCUT2D eigenvalue weighted by Crippen LogP contribution is -2.47.